The molecule has 29 heavy (non-hydrogen) atoms. The number of hydrogen-bond donors (Lipinski definition) is 1. The van der Waals surface area contributed by atoms with Crippen molar-refractivity contribution in [2.45, 2.75) is 59.1 Å². The molecule has 2 aromatic rings. The van der Waals surface area contributed by atoms with Gasteiger partial charge in [0.25, 0.3) is 0 Å². The third kappa shape index (κ3) is 5.21. The van der Waals surface area contributed by atoms with Crippen molar-refractivity contribution in [2.75, 3.05) is 13.1 Å². The van der Waals surface area contributed by atoms with Gasteiger partial charge in [-0.05, 0) is 76.8 Å². The molecule has 1 aliphatic carbocycles. The molecule has 0 atom stereocenters. The summed E-state index contributed by atoms with van der Waals surface area (Å²) < 4.78 is 6.33. The monoisotopic (exact) mass is 392 g/mol. The fourth-order valence-corrected chi connectivity index (χ4v) is 4.38. The standard InChI is InChI=1S/C24H32N4O/c1-24(2,3)20-7-10-22(11-8-20)29-23-9-6-18-12-17(4-5-19(18)13-23)14-25-15-21-16-26-28-27-21/h4-6,9,12-13,20,22,25H,7-8,10-11,14-16H2,1-3H3. The Morgan fingerprint density at radius 3 is 2.45 bits per heavy atom. The zero-order chi connectivity index (χ0) is 20.3. The molecule has 2 aliphatic rings. The second-order valence-electron chi connectivity index (χ2n) is 9.46. The highest BCUT2D eigenvalue weighted by molar-refractivity contribution is 5.89. The van der Waals surface area contributed by atoms with Gasteiger partial charge in [-0.3, -0.25) is 0 Å². The van der Waals surface area contributed by atoms with Crippen LogP contribution in [0.15, 0.2) is 51.8 Å². The third-order valence-electron chi connectivity index (χ3n) is 6.24. The van der Waals surface area contributed by atoms with Crippen LogP contribution in [0.1, 0.15) is 52.0 Å². The van der Waals surface area contributed by atoms with E-state index in [-0.39, 0.29) is 0 Å². The van der Waals surface area contributed by atoms with Gasteiger partial charge in [-0.2, -0.15) is 5.11 Å². The molecule has 0 unspecified atom stereocenters. The Balaban J connectivity index is 1.32. The second-order valence-corrected chi connectivity index (χ2v) is 9.46. The van der Waals surface area contributed by atoms with E-state index in [9.17, 15) is 0 Å². The fourth-order valence-electron chi connectivity index (χ4n) is 4.38. The Labute approximate surface area is 173 Å². The minimum Gasteiger partial charge on any atom is -0.490 e. The van der Waals surface area contributed by atoms with E-state index in [0.717, 1.165) is 43.3 Å². The number of hydrogen-bond acceptors (Lipinski definition) is 5. The molecule has 1 aliphatic heterocycles. The van der Waals surface area contributed by atoms with Crippen LogP contribution in [-0.2, 0) is 6.54 Å². The zero-order valence-corrected chi connectivity index (χ0v) is 17.8. The van der Waals surface area contributed by atoms with Gasteiger partial charge in [-0.1, -0.05) is 39.0 Å². The molecule has 154 valence electrons. The predicted octanol–water partition coefficient (Wildman–Crippen LogP) is 5.73. The van der Waals surface area contributed by atoms with E-state index in [1.807, 2.05) is 0 Å². The molecule has 5 heteroatoms. The van der Waals surface area contributed by atoms with Crippen molar-refractivity contribution in [3.8, 4) is 5.75 Å². The van der Waals surface area contributed by atoms with Crippen LogP contribution >= 0.6 is 0 Å². The van der Waals surface area contributed by atoms with Crippen molar-refractivity contribution in [1.29, 1.82) is 0 Å². The summed E-state index contributed by atoms with van der Waals surface area (Å²) in [5.41, 5.74) is 2.67. The van der Waals surface area contributed by atoms with Crippen molar-refractivity contribution in [3.05, 3.63) is 42.0 Å². The zero-order valence-electron chi connectivity index (χ0n) is 17.8. The molecule has 5 nitrogen and oxygen atoms in total. The molecule has 4 rings (SSSR count). The van der Waals surface area contributed by atoms with Crippen molar-refractivity contribution in [1.82, 2.24) is 5.32 Å². The smallest absolute Gasteiger partial charge is 0.120 e. The first-order valence-corrected chi connectivity index (χ1v) is 10.8. The summed E-state index contributed by atoms with van der Waals surface area (Å²) in [6.07, 6.45) is 5.22. The summed E-state index contributed by atoms with van der Waals surface area (Å²) in [5, 5.41) is 17.4. The van der Waals surface area contributed by atoms with E-state index in [2.05, 4.69) is 77.9 Å². The third-order valence-corrected chi connectivity index (χ3v) is 6.24. The lowest BCUT2D eigenvalue weighted by Gasteiger charge is -2.37. The number of rotatable bonds is 6. The summed E-state index contributed by atoms with van der Waals surface area (Å²) in [6.45, 7) is 9.24. The Hall–Kier alpha value is -2.27. The summed E-state index contributed by atoms with van der Waals surface area (Å²) in [6, 6.07) is 13.1. The van der Waals surface area contributed by atoms with Crippen molar-refractivity contribution < 1.29 is 4.74 Å². The van der Waals surface area contributed by atoms with E-state index in [4.69, 9.17) is 4.74 Å². The van der Waals surface area contributed by atoms with Gasteiger partial charge in [0.05, 0.1) is 11.8 Å². The largest absolute Gasteiger partial charge is 0.490 e. The number of ether oxygens (including phenoxy) is 1. The highest BCUT2D eigenvalue weighted by atomic mass is 16.5. The van der Waals surface area contributed by atoms with E-state index in [0.29, 0.717) is 18.1 Å². The molecule has 1 N–H and O–H groups in total. The molecule has 1 heterocycles. The van der Waals surface area contributed by atoms with E-state index < -0.39 is 0 Å². The van der Waals surface area contributed by atoms with Gasteiger partial charge < -0.3 is 10.1 Å². The van der Waals surface area contributed by atoms with Crippen LogP contribution in [0, 0.1) is 11.3 Å². The summed E-state index contributed by atoms with van der Waals surface area (Å²) in [5.74, 6) is 1.81. The average Bonchev–Trinajstić information content (AvgIpc) is 3.21. The molecule has 2 aromatic carbocycles. The minimum atomic E-state index is 0.353. The SMILES string of the molecule is CC(C)(C)C1CCC(Oc2ccc3cc(CNCC4=NN=NC4)ccc3c2)CC1. The predicted molar refractivity (Wildman–Crippen MR) is 119 cm³/mol. The highest BCUT2D eigenvalue weighted by Crippen LogP contribution is 2.39. The number of benzene rings is 2. The Kier molecular flexibility index (Phi) is 5.95. The van der Waals surface area contributed by atoms with Crippen molar-refractivity contribution in [2.24, 2.45) is 26.8 Å². The first-order chi connectivity index (χ1) is 14.0. The summed E-state index contributed by atoms with van der Waals surface area (Å²) in [7, 11) is 0. The lowest BCUT2D eigenvalue weighted by Crippen LogP contribution is -2.30. The Morgan fingerprint density at radius 2 is 1.72 bits per heavy atom. The van der Waals surface area contributed by atoms with Gasteiger partial charge in [0.15, 0.2) is 0 Å². The quantitative estimate of drug-likeness (QED) is 0.682. The van der Waals surface area contributed by atoms with Crippen LogP contribution in [-0.4, -0.2) is 24.9 Å². The maximum Gasteiger partial charge on any atom is 0.120 e. The van der Waals surface area contributed by atoms with Gasteiger partial charge in [0, 0.05) is 13.1 Å². The van der Waals surface area contributed by atoms with Crippen LogP contribution in [0.5, 0.6) is 5.75 Å². The Morgan fingerprint density at radius 1 is 0.966 bits per heavy atom. The van der Waals surface area contributed by atoms with Gasteiger partial charge in [-0.25, -0.2) is 0 Å². The Bertz CT molecular complexity index is 905. The van der Waals surface area contributed by atoms with Gasteiger partial charge >= 0.3 is 0 Å². The van der Waals surface area contributed by atoms with Gasteiger partial charge in [0.1, 0.15) is 12.3 Å². The number of fused-ring (bicyclic) bond motifs is 1. The lowest BCUT2D eigenvalue weighted by atomic mass is 9.72. The first-order valence-electron chi connectivity index (χ1n) is 10.8. The molecule has 1 saturated carbocycles. The number of nitrogens with zero attached hydrogens (tertiary/aromatic N) is 3. The van der Waals surface area contributed by atoms with Crippen LogP contribution < -0.4 is 10.1 Å². The molecule has 0 amide bonds. The lowest BCUT2D eigenvalue weighted by molar-refractivity contribution is 0.0883. The molecule has 0 bridgehead atoms. The normalized spacial score (nSPS) is 22.1. The fraction of sp³-hybridized carbons (Fsp3) is 0.542. The van der Waals surface area contributed by atoms with Crippen molar-refractivity contribution in [3.63, 3.8) is 0 Å². The number of nitrogens with one attached hydrogen (secondary N) is 1. The van der Waals surface area contributed by atoms with E-state index in [1.165, 1.54) is 29.2 Å². The molecular weight excluding hydrogens is 360 g/mol. The molecular formula is C24H32N4O. The molecule has 0 saturated heterocycles. The van der Waals surface area contributed by atoms with Gasteiger partial charge in [0.2, 0.25) is 0 Å². The van der Waals surface area contributed by atoms with Crippen LogP contribution in [0.4, 0.5) is 0 Å². The van der Waals surface area contributed by atoms with Crippen LogP contribution in [0.25, 0.3) is 10.8 Å². The van der Waals surface area contributed by atoms with E-state index >= 15 is 0 Å². The average molecular weight is 393 g/mol. The molecule has 0 radical (unpaired) electrons. The van der Waals surface area contributed by atoms with Crippen LogP contribution in [0.2, 0.25) is 0 Å². The second kappa shape index (κ2) is 8.62. The van der Waals surface area contributed by atoms with Crippen molar-refractivity contribution >= 4 is 16.5 Å². The topological polar surface area (TPSA) is 58.3 Å². The maximum absolute atomic E-state index is 6.33. The van der Waals surface area contributed by atoms with E-state index in [1.54, 1.807) is 0 Å². The highest BCUT2D eigenvalue weighted by Gasteiger charge is 2.30. The molecule has 0 spiro atoms. The molecule has 1 fully saturated rings. The first kappa shape index (κ1) is 20.0. The summed E-state index contributed by atoms with van der Waals surface area (Å²) >= 11 is 0. The minimum absolute atomic E-state index is 0.353. The van der Waals surface area contributed by atoms with Crippen LogP contribution in [0.3, 0.4) is 0 Å². The summed E-state index contributed by atoms with van der Waals surface area (Å²) in [4.78, 5) is 0. The maximum atomic E-state index is 6.33. The van der Waals surface area contributed by atoms with Gasteiger partial charge in [-0.15, -0.1) is 5.10 Å². The molecule has 0 aromatic heterocycles.